The maximum absolute atomic E-state index is 5.34. The Labute approximate surface area is 97.6 Å². The maximum atomic E-state index is 5.34. The second kappa shape index (κ2) is 8.35. The van der Waals surface area contributed by atoms with Gasteiger partial charge in [-0.2, -0.15) is 0 Å². The quantitative estimate of drug-likeness (QED) is 0.355. The summed E-state index contributed by atoms with van der Waals surface area (Å²) in [6.07, 6.45) is 2.70. The molecule has 0 amide bonds. The lowest BCUT2D eigenvalue weighted by Crippen LogP contribution is -2.39. The van der Waals surface area contributed by atoms with Gasteiger partial charge in [-0.25, -0.2) is 0 Å². The Hall–Kier alpha value is -0.810. The monoisotopic (exact) mass is 229 g/mol. The van der Waals surface area contributed by atoms with Crippen LogP contribution in [0.1, 0.15) is 12.8 Å². The van der Waals surface area contributed by atoms with Crippen molar-refractivity contribution in [3.8, 4) is 0 Å². The fourth-order valence-electron chi connectivity index (χ4n) is 1.27. The van der Waals surface area contributed by atoms with E-state index in [4.69, 9.17) is 9.47 Å². The van der Waals surface area contributed by atoms with Crippen molar-refractivity contribution in [3.63, 3.8) is 0 Å². The third-order valence-corrected chi connectivity index (χ3v) is 2.45. The molecule has 0 unspecified atom stereocenters. The van der Waals surface area contributed by atoms with Crippen molar-refractivity contribution in [2.45, 2.75) is 12.8 Å². The summed E-state index contributed by atoms with van der Waals surface area (Å²) < 4.78 is 10.2. The zero-order chi connectivity index (χ0) is 11.6. The van der Waals surface area contributed by atoms with E-state index in [0.717, 1.165) is 25.0 Å². The zero-order valence-corrected chi connectivity index (χ0v) is 10.3. The van der Waals surface area contributed by atoms with Crippen molar-refractivity contribution < 1.29 is 9.47 Å². The minimum atomic E-state index is 0.645. The van der Waals surface area contributed by atoms with Crippen molar-refractivity contribution in [2.24, 2.45) is 10.9 Å². The molecule has 2 N–H and O–H groups in total. The predicted molar refractivity (Wildman–Crippen MR) is 64.8 cm³/mol. The number of ether oxygens (including phenoxy) is 2. The minimum Gasteiger partial charge on any atom is -0.382 e. The van der Waals surface area contributed by atoms with Crippen LogP contribution in [0.5, 0.6) is 0 Å². The van der Waals surface area contributed by atoms with Gasteiger partial charge < -0.3 is 20.1 Å². The Morgan fingerprint density at radius 2 is 2.06 bits per heavy atom. The van der Waals surface area contributed by atoms with Crippen LogP contribution in [-0.2, 0) is 9.47 Å². The first-order valence-electron chi connectivity index (χ1n) is 5.88. The summed E-state index contributed by atoms with van der Waals surface area (Å²) in [7, 11) is 3.46. The summed E-state index contributed by atoms with van der Waals surface area (Å²) >= 11 is 0. The maximum Gasteiger partial charge on any atom is 0.191 e. The van der Waals surface area contributed by atoms with Crippen LogP contribution in [0.2, 0.25) is 0 Å². The molecule has 0 aliphatic heterocycles. The fraction of sp³-hybridized carbons (Fsp3) is 0.909. The van der Waals surface area contributed by atoms with Crippen LogP contribution in [0.15, 0.2) is 4.99 Å². The molecule has 0 atom stereocenters. The highest BCUT2D eigenvalue weighted by atomic mass is 16.5. The van der Waals surface area contributed by atoms with Crippen LogP contribution in [-0.4, -0.2) is 53.0 Å². The van der Waals surface area contributed by atoms with Crippen LogP contribution in [0, 0.1) is 5.92 Å². The van der Waals surface area contributed by atoms with Crippen LogP contribution >= 0.6 is 0 Å². The molecule has 0 spiro atoms. The van der Waals surface area contributed by atoms with E-state index in [-0.39, 0.29) is 0 Å². The van der Waals surface area contributed by atoms with Gasteiger partial charge >= 0.3 is 0 Å². The van der Waals surface area contributed by atoms with Gasteiger partial charge in [0.15, 0.2) is 5.96 Å². The van der Waals surface area contributed by atoms with Crippen LogP contribution in [0.25, 0.3) is 0 Å². The molecule has 0 saturated heterocycles. The predicted octanol–water partition coefficient (Wildman–Crippen LogP) is 0.224. The number of methoxy groups -OCH3 is 1. The summed E-state index contributed by atoms with van der Waals surface area (Å²) in [5.41, 5.74) is 0. The molecule has 1 aliphatic carbocycles. The SMILES string of the molecule is CN=C(NCCOCCOC)NCC1CC1. The summed E-state index contributed by atoms with van der Waals surface area (Å²) in [5, 5.41) is 6.49. The molecule has 16 heavy (non-hydrogen) atoms. The molecule has 0 radical (unpaired) electrons. The van der Waals surface area contributed by atoms with Crippen LogP contribution in [0.3, 0.4) is 0 Å². The molecule has 1 saturated carbocycles. The molecular weight excluding hydrogens is 206 g/mol. The summed E-state index contributed by atoms with van der Waals surface area (Å²) in [6, 6.07) is 0. The topological polar surface area (TPSA) is 54.9 Å². The first kappa shape index (κ1) is 13.3. The zero-order valence-electron chi connectivity index (χ0n) is 10.3. The lowest BCUT2D eigenvalue weighted by atomic mass is 10.4. The molecule has 1 aliphatic rings. The van der Waals surface area contributed by atoms with E-state index < -0.39 is 0 Å². The Balaban J connectivity index is 1.91. The van der Waals surface area contributed by atoms with Gasteiger partial charge in [0.1, 0.15) is 0 Å². The Bertz CT molecular complexity index is 205. The largest absolute Gasteiger partial charge is 0.382 e. The average Bonchev–Trinajstić information content (AvgIpc) is 3.11. The van der Waals surface area contributed by atoms with Gasteiger partial charge in [0.2, 0.25) is 0 Å². The highest BCUT2D eigenvalue weighted by Gasteiger charge is 2.20. The first-order chi connectivity index (χ1) is 7.86. The molecule has 1 rings (SSSR count). The molecule has 0 aromatic carbocycles. The molecule has 5 nitrogen and oxygen atoms in total. The minimum absolute atomic E-state index is 0.645. The van der Waals surface area contributed by atoms with Crippen molar-refractivity contribution in [1.29, 1.82) is 0 Å². The summed E-state index contributed by atoms with van der Waals surface area (Å²) in [5.74, 6) is 1.72. The third kappa shape index (κ3) is 6.63. The number of nitrogens with one attached hydrogen (secondary N) is 2. The number of nitrogens with zero attached hydrogens (tertiary/aromatic N) is 1. The van der Waals surface area contributed by atoms with Crippen molar-refractivity contribution in [1.82, 2.24) is 10.6 Å². The molecule has 5 heteroatoms. The second-order valence-corrected chi connectivity index (χ2v) is 3.93. The molecule has 1 fully saturated rings. The van der Waals surface area contributed by atoms with Gasteiger partial charge in [0, 0.05) is 27.2 Å². The number of aliphatic imine (C=N–C) groups is 1. The molecule has 0 bridgehead atoms. The molecule has 0 aromatic rings. The number of guanidine groups is 1. The first-order valence-corrected chi connectivity index (χ1v) is 5.88. The lowest BCUT2D eigenvalue weighted by molar-refractivity contribution is 0.0733. The van der Waals surface area contributed by atoms with Gasteiger partial charge in [-0.15, -0.1) is 0 Å². The standard InChI is InChI=1S/C11H23N3O2/c1-12-11(14-9-10-3-4-10)13-5-6-16-8-7-15-2/h10H,3-9H2,1-2H3,(H2,12,13,14). The number of rotatable bonds is 8. The Morgan fingerprint density at radius 1 is 1.25 bits per heavy atom. The van der Waals surface area contributed by atoms with Gasteiger partial charge in [0.05, 0.1) is 19.8 Å². The molecule has 0 aromatic heterocycles. The van der Waals surface area contributed by atoms with E-state index in [1.165, 1.54) is 12.8 Å². The highest BCUT2D eigenvalue weighted by molar-refractivity contribution is 5.79. The lowest BCUT2D eigenvalue weighted by Gasteiger charge is -2.11. The molecular formula is C11H23N3O2. The van der Waals surface area contributed by atoms with E-state index in [0.29, 0.717) is 19.8 Å². The Morgan fingerprint density at radius 3 is 2.69 bits per heavy atom. The average molecular weight is 229 g/mol. The van der Waals surface area contributed by atoms with Gasteiger partial charge in [-0.05, 0) is 18.8 Å². The highest BCUT2D eigenvalue weighted by Crippen LogP contribution is 2.27. The van der Waals surface area contributed by atoms with Crippen LogP contribution < -0.4 is 10.6 Å². The van der Waals surface area contributed by atoms with E-state index in [1.807, 2.05) is 0 Å². The summed E-state index contributed by atoms with van der Waals surface area (Å²) in [6.45, 7) is 3.77. The van der Waals surface area contributed by atoms with Gasteiger partial charge in [0.25, 0.3) is 0 Å². The van der Waals surface area contributed by atoms with Crippen molar-refractivity contribution >= 4 is 5.96 Å². The summed E-state index contributed by atoms with van der Waals surface area (Å²) in [4.78, 5) is 4.14. The molecule has 94 valence electrons. The van der Waals surface area contributed by atoms with E-state index in [1.54, 1.807) is 14.2 Å². The van der Waals surface area contributed by atoms with Crippen molar-refractivity contribution in [2.75, 3.05) is 47.1 Å². The number of hydrogen-bond donors (Lipinski definition) is 2. The number of hydrogen-bond acceptors (Lipinski definition) is 3. The van der Waals surface area contributed by atoms with E-state index in [2.05, 4.69) is 15.6 Å². The van der Waals surface area contributed by atoms with E-state index in [9.17, 15) is 0 Å². The normalized spacial score (nSPS) is 16.2. The van der Waals surface area contributed by atoms with Crippen LogP contribution in [0.4, 0.5) is 0 Å². The van der Waals surface area contributed by atoms with Gasteiger partial charge in [-0.3, -0.25) is 4.99 Å². The smallest absolute Gasteiger partial charge is 0.191 e. The second-order valence-electron chi connectivity index (χ2n) is 3.93. The Kier molecular flexibility index (Phi) is 6.92. The fourth-order valence-corrected chi connectivity index (χ4v) is 1.27. The van der Waals surface area contributed by atoms with Crippen molar-refractivity contribution in [3.05, 3.63) is 0 Å². The van der Waals surface area contributed by atoms with Gasteiger partial charge in [-0.1, -0.05) is 0 Å². The van der Waals surface area contributed by atoms with E-state index >= 15 is 0 Å². The molecule has 0 heterocycles. The third-order valence-electron chi connectivity index (χ3n) is 2.45.